The lowest BCUT2D eigenvalue weighted by atomic mass is 9.92. The van der Waals surface area contributed by atoms with Crippen LogP contribution >= 0.6 is 0 Å². The first-order chi connectivity index (χ1) is 10.7. The van der Waals surface area contributed by atoms with Gasteiger partial charge in [-0.05, 0) is 30.9 Å². The minimum Gasteiger partial charge on any atom is -0.353 e. The van der Waals surface area contributed by atoms with Crippen LogP contribution in [0.5, 0.6) is 0 Å². The van der Waals surface area contributed by atoms with E-state index in [1.54, 1.807) is 0 Å². The van der Waals surface area contributed by atoms with E-state index in [2.05, 4.69) is 5.32 Å². The molecule has 1 aromatic rings. The largest absolute Gasteiger partial charge is 0.416 e. The number of nitrogens with one attached hydrogen (secondary N) is 1. The number of hydrogen-bond donors (Lipinski definition) is 1. The minimum atomic E-state index is -4.46. The number of amides is 1. The van der Waals surface area contributed by atoms with Crippen molar-refractivity contribution in [1.82, 2.24) is 5.32 Å². The van der Waals surface area contributed by atoms with Crippen LogP contribution in [0.1, 0.15) is 43.2 Å². The third-order valence-corrected chi connectivity index (χ3v) is 4.03. The summed E-state index contributed by atoms with van der Waals surface area (Å²) in [5, 5.41) is 2.63. The van der Waals surface area contributed by atoms with Crippen molar-refractivity contribution in [2.75, 3.05) is 0 Å². The first-order valence-corrected chi connectivity index (χ1v) is 7.50. The van der Waals surface area contributed by atoms with Gasteiger partial charge in [-0.15, -0.1) is 0 Å². The molecule has 1 saturated carbocycles. The Balaban J connectivity index is 1.86. The highest BCUT2D eigenvalue weighted by molar-refractivity contribution is 5.76. The fourth-order valence-corrected chi connectivity index (χ4v) is 2.75. The van der Waals surface area contributed by atoms with Crippen molar-refractivity contribution in [3.63, 3.8) is 0 Å². The molecule has 0 heterocycles. The van der Waals surface area contributed by atoms with Gasteiger partial charge >= 0.3 is 6.18 Å². The molecular formula is C16H18F5NO. The molecule has 1 aliphatic rings. The van der Waals surface area contributed by atoms with E-state index >= 15 is 0 Å². The Labute approximate surface area is 131 Å². The van der Waals surface area contributed by atoms with Crippen LogP contribution in [0.2, 0.25) is 0 Å². The topological polar surface area (TPSA) is 29.1 Å². The van der Waals surface area contributed by atoms with Crippen molar-refractivity contribution >= 4 is 5.91 Å². The molecule has 0 spiro atoms. The van der Waals surface area contributed by atoms with E-state index in [-0.39, 0.29) is 50.1 Å². The monoisotopic (exact) mass is 335 g/mol. The molecule has 0 unspecified atom stereocenters. The first kappa shape index (κ1) is 17.7. The van der Waals surface area contributed by atoms with Gasteiger partial charge in [0.05, 0.1) is 5.56 Å². The molecule has 7 heteroatoms. The Morgan fingerprint density at radius 1 is 1.17 bits per heavy atom. The molecule has 0 saturated heterocycles. The molecule has 0 bridgehead atoms. The van der Waals surface area contributed by atoms with Crippen LogP contribution in [0.25, 0.3) is 0 Å². The van der Waals surface area contributed by atoms with Crippen LogP contribution in [0.3, 0.4) is 0 Å². The Hall–Kier alpha value is -1.66. The molecule has 2 nitrogen and oxygen atoms in total. The summed E-state index contributed by atoms with van der Waals surface area (Å²) in [7, 11) is 0. The van der Waals surface area contributed by atoms with Gasteiger partial charge in [-0.25, -0.2) is 8.78 Å². The van der Waals surface area contributed by atoms with E-state index in [1.807, 2.05) is 0 Å². The van der Waals surface area contributed by atoms with Crippen LogP contribution in [-0.2, 0) is 17.4 Å². The second kappa shape index (κ2) is 6.84. The van der Waals surface area contributed by atoms with Gasteiger partial charge in [-0.2, -0.15) is 13.2 Å². The van der Waals surface area contributed by atoms with E-state index < -0.39 is 23.6 Å². The molecule has 0 aromatic heterocycles. The van der Waals surface area contributed by atoms with E-state index in [0.717, 1.165) is 6.07 Å². The molecule has 1 aliphatic carbocycles. The summed E-state index contributed by atoms with van der Waals surface area (Å²) in [6.45, 7) is 0. The molecule has 1 aromatic carbocycles. The molecule has 1 N–H and O–H groups in total. The fraction of sp³-hybridized carbons (Fsp3) is 0.562. The smallest absolute Gasteiger partial charge is 0.353 e. The lowest BCUT2D eigenvalue weighted by Crippen LogP contribution is -2.40. The Kier molecular flexibility index (Phi) is 5.26. The maximum absolute atomic E-state index is 13.0. The molecule has 0 atom stereocenters. The quantitative estimate of drug-likeness (QED) is 0.815. The molecule has 23 heavy (non-hydrogen) atoms. The number of alkyl halides is 5. The van der Waals surface area contributed by atoms with Gasteiger partial charge in [0.2, 0.25) is 11.8 Å². The minimum absolute atomic E-state index is 0.0373. The van der Waals surface area contributed by atoms with E-state index in [4.69, 9.17) is 0 Å². The molecular weight excluding hydrogens is 317 g/mol. The van der Waals surface area contributed by atoms with Crippen molar-refractivity contribution in [2.24, 2.45) is 0 Å². The maximum atomic E-state index is 13.0. The Bertz CT molecular complexity index is 546. The average molecular weight is 335 g/mol. The number of halogens is 5. The van der Waals surface area contributed by atoms with Crippen molar-refractivity contribution in [1.29, 1.82) is 0 Å². The molecule has 0 radical (unpaired) electrons. The molecule has 2 rings (SSSR count). The maximum Gasteiger partial charge on any atom is 0.416 e. The van der Waals surface area contributed by atoms with Crippen molar-refractivity contribution < 1.29 is 26.7 Å². The predicted molar refractivity (Wildman–Crippen MR) is 75.1 cm³/mol. The van der Waals surface area contributed by atoms with Gasteiger partial charge in [0.15, 0.2) is 0 Å². The number of hydrogen-bond acceptors (Lipinski definition) is 1. The highest BCUT2D eigenvalue weighted by Gasteiger charge is 2.35. The zero-order valence-electron chi connectivity index (χ0n) is 12.4. The van der Waals surface area contributed by atoms with Gasteiger partial charge in [0.25, 0.3) is 0 Å². The van der Waals surface area contributed by atoms with Gasteiger partial charge < -0.3 is 5.32 Å². The van der Waals surface area contributed by atoms with E-state index in [1.165, 1.54) is 18.2 Å². The summed E-state index contributed by atoms with van der Waals surface area (Å²) < 4.78 is 64.6. The summed E-state index contributed by atoms with van der Waals surface area (Å²) in [6.07, 6.45) is -4.74. The number of rotatable bonds is 4. The normalized spacial score (nSPS) is 18.7. The highest BCUT2D eigenvalue weighted by atomic mass is 19.4. The number of carbonyl (C=O) groups is 1. The second-order valence-corrected chi connectivity index (χ2v) is 5.85. The van der Waals surface area contributed by atoms with Crippen molar-refractivity contribution in [2.45, 2.75) is 56.7 Å². The summed E-state index contributed by atoms with van der Waals surface area (Å²) >= 11 is 0. The number of carbonyl (C=O) groups excluding carboxylic acids is 1. The lowest BCUT2D eigenvalue weighted by Gasteiger charge is -2.28. The van der Waals surface area contributed by atoms with Gasteiger partial charge in [-0.3, -0.25) is 4.79 Å². The Morgan fingerprint density at radius 3 is 2.39 bits per heavy atom. The van der Waals surface area contributed by atoms with Gasteiger partial charge in [-0.1, -0.05) is 18.2 Å². The molecule has 1 fully saturated rings. The molecule has 0 aliphatic heterocycles. The number of benzene rings is 1. The predicted octanol–water partition coefficient (Wildman–Crippen LogP) is 4.33. The third kappa shape index (κ3) is 5.18. The van der Waals surface area contributed by atoms with Crippen molar-refractivity contribution in [3.8, 4) is 0 Å². The molecule has 128 valence electrons. The van der Waals surface area contributed by atoms with Gasteiger partial charge in [0.1, 0.15) is 0 Å². The SMILES string of the molecule is O=C(CCc1ccccc1C(F)(F)F)NC1CCC(F)(F)CC1. The molecule has 1 amide bonds. The van der Waals surface area contributed by atoms with E-state index in [9.17, 15) is 26.7 Å². The van der Waals surface area contributed by atoms with Gasteiger partial charge in [0, 0.05) is 25.3 Å². The van der Waals surface area contributed by atoms with Crippen LogP contribution in [0, 0.1) is 0 Å². The fourth-order valence-electron chi connectivity index (χ4n) is 2.75. The van der Waals surface area contributed by atoms with Crippen molar-refractivity contribution in [3.05, 3.63) is 35.4 Å². The lowest BCUT2D eigenvalue weighted by molar-refractivity contribution is -0.138. The summed E-state index contributed by atoms with van der Waals surface area (Å²) in [4.78, 5) is 11.8. The van der Waals surface area contributed by atoms with Crippen LogP contribution < -0.4 is 5.32 Å². The third-order valence-electron chi connectivity index (χ3n) is 4.03. The van der Waals surface area contributed by atoms with E-state index in [0.29, 0.717) is 0 Å². The summed E-state index contributed by atoms with van der Waals surface area (Å²) in [6, 6.07) is 4.80. The number of aryl methyl sites for hydroxylation is 1. The summed E-state index contributed by atoms with van der Waals surface area (Å²) in [5.41, 5.74) is -0.685. The van der Waals surface area contributed by atoms with Crippen LogP contribution in [0.15, 0.2) is 24.3 Å². The first-order valence-electron chi connectivity index (χ1n) is 7.50. The Morgan fingerprint density at radius 2 is 1.78 bits per heavy atom. The average Bonchev–Trinajstić information content (AvgIpc) is 2.47. The standard InChI is InChI=1S/C16H18F5NO/c17-15(18)9-7-12(8-10-15)22-14(23)6-5-11-3-1-2-4-13(11)16(19,20)21/h1-4,12H,5-10H2,(H,22,23). The summed E-state index contributed by atoms with van der Waals surface area (Å²) in [5.74, 6) is -3.08. The second-order valence-electron chi connectivity index (χ2n) is 5.85. The zero-order chi connectivity index (χ0) is 17.1. The van der Waals surface area contributed by atoms with Crippen LogP contribution in [-0.4, -0.2) is 17.9 Å². The zero-order valence-corrected chi connectivity index (χ0v) is 12.4. The van der Waals surface area contributed by atoms with Crippen LogP contribution in [0.4, 0.5) is 22.0 Å². The highest BCUT2D eigenvalue weighted by Crippen LogP contribution is 2.33.